The Hall–Kier alpha value is -2.89. The number of carbonyl (C=O) groups excluding carboxylic acids is 1. The van der Waals surface area contributed by atoms with Gasteiger partial charge in [-0.25, -0.2) is 9.97 Å². The second-order valence-electron chi connectivity index (χ2n) is 7.39. The predicted octanol–water partition coefficient (Wildman–Crippen LogP) is 5.36. The van der Waals surface area contributed by atoms with Gasteiger partial charge in [-0.05, 0) is 36.1 Å². The van der Waals surface area contributed by atoms with Gasteiger partial charge >= 0.3 is 0 Å². The van der Waals surface area contributed by atoms with E-state index < -0.39 is 0 Å². The van der Waals surface area contributed by atoms with Crippen molar-refractivity contribution < 1.29 is 4.79 Å². The van der Waals surface area contributed by atoms with Crippen LogP contribution in [0.15, 0.2) is 54.7 Å². The molecule has 2 aromatic carbocycles. The number of pyridine rings is 1. The second kappa shape index (κ2) is 7.42. The van der Waals surface area contributed by atoms with Gasteiger partial charge in [0.15, 0.2) is 5.65 Å². The maximum atomic E-state index is 13.1. The fourth-order valence-corrected chi connectivity index (χ4v) is 4.54. The maximum absolute atomic E-state index is 13.1. The van der Waals surface area contributed by atoms with Crippen LogP contribution < -0.4 is 5.32 Å². The molecule has 0 bridgehead atoms. The van der Waals surface area contributed by atoms with Crippen molar-refractivity contribution in [3.63, 3.8) is 0 Å². The number of benzene rings is 2. The number of carbonyl (C=O) groups is 1. The minimum absolute atomic E-state index is 0.0108. The molecule has 0 aliphatic heterocycles. The van der Waals surface area contributed by atoms with E-state index in [0.29, 0.717) is 27.0 Å². The summed E-state index contributed by atoms with van der Waals surface area (Å²) in [6.45, 7) is 0. The van der Waals surface area contributed by atoms with E-state index in [1.165, 1.54) is 11.1 Å². The maximum Gasteiger partial charge on any atom is 0.287 e. The molecule has 5 nitrogen and oxygen atoms in total. The molecule has 2 aromatic heterocycles. The lowest BCUT2D eigenvalue weighted by molar-refractivity contribution is 0.0923. The Morgan fingerprint density at radius 2 is 1.93 bits per heavy atom. The van der Waals surface area contributed by atoms with Gasteiger partial charge in [0.05, 0.1) is 16.1 Å². The molecule has 4 aromatic rings. The number of halogens is 2. The molecular formula is C23H18Cl2N4O. The number of aromatic nitrogens is 3. The fraction of sp³-hybridized carbons (Fsp3) is 0.174. The Morgan fingerprint density at radius 1 is 1.10 bits per heavy atom. The van der Waals surface area contributed by atoms with Gasteiger partial charge in [-0.1, -0.05) is 59.6 Å². The molecule has 0 fully saturated rings. The van der Waals surface area contributed by atoms with Gasteiger partial charge in [-0.15, -0.1) is 0 Å². The van der Waals surface area contributed by atoms with E-state index in [1.807, 2.05) is 30.3 Å². The van der Waals surface area contributed by atoms with Crippen LogP contribution in [-0.4, -0.2) is 20.4 Å². The molecular weight excluding hydrogens is 419 g/mol. The van der Waals surface area contributed by atoms with Crippen LogP contribution in [0.3, 0.4) is 0 Å². The zero-order chi connectivity index (χ0) is 20.8. The van der Waals surface area contributed by atoms with Gasteiger partial charge in [-0.3, -0.25) is 4.79 Å². The summed E-state index contributed by atoms with van der Waals surface area (Å²) < 4.78 is 1.72. The van der Waals surface area contributed by atoms with Crippen LogP contribution in [0.25, 0.3) is 22.3 Å². The van der Waals surface area contributed by atoms with Crippen molar-refractivity contribution in [3.8, 4) is 11.1 Å². The average Bonchev–Trinajstić information content (AvgIpc) is 3.31. The summed E-state index contributed by atoms with van der Waals surface area (Å²) in [6.07, 6.45) is 3.53. The van der Waals surface area contributed by atoms with Crippen LogP contribution in [0, 0.1) is 0 Å². The first-order valence-electron chi connectivity index (χ1n) is 9.69. The molecule has 5 rings (SSSR count). The zero-order valence-corrected chi connectivity index (χ0v) is 17.7. The summed E-state index contributed by atoms with van der Waals surface area (Å²) in [5, 5.41) is 4.05. The van der Waals surface area contributed by atoms with E-state index in [0.717, 1.165) is 24.0 Å². The molecule has 30 heavy (non-hydrogen) atoms. The normalized spacial score (nSPS) is 15.4. The van der Waals surface area contributed by atoms with Gasteiger partial charge in [0.1, 0.15) is 5.52 Å². The summed E-state index contributed by atoms with van der Waals surface area (Å²) in [4.78, 5) is 22.2. The van der Waals surface area contributed by atoms with Crippen LogP contribution in [-0.2, 0) is 13.5 Å². The smallest absolute Gasteiger partial charge is 0.287 e. The largest absolute Gasteiger partial charge is 0.343 e. The van der Waals surface area contributed by atoms with Crippen molar-refractivity contribution in [3.05, 3.63) is 81.7 Å². The summed E-state index contributed by atoms with van der Waals surface area (Å²) in [7, 11) is 1.79. The molecule has 0 saturated carbocycles. The van der Waals surface area contributed by atoms with Crippen molar-refractivity contribution in [1.82, 2.24) is 19.9 Å². The summed E-state index contributed by atoms with van der Waals surface area (Å²) in [5.41, 5.74) is 5.22. The molecule has 1 aliphatic rings. The van der Waals surface area contributed by atoms with Crippen molar-refractivity contribution in [2.24, 2.45) is 7.05 Å². The van der Waals surface area contributed by atoms with Crippen molar-refractivity contribution in [1.29, 1.82) is 0 Å². The van der Waals surface area contributed by atoms with Crippen molar-refractivity contribution in [2.75, 3.05) is 0 Å². The van der Waals surface area contributed by atoms with Crippen LogP contribution in [0.5, 0.6) is 0 Å². The molecule has 1 atom stereocenters. The first-order valence-corrected chi connectivity index (χ1v) is 10.4. The highest BCUT2D eigenvalue weighted by Gasteiger charge is 2.26. The van der Waals surface area contributed by atoms with E-state index in [2.05, 4.69) is 27.4 Å². The lowest BCUT2D eigenvalue weighted by Gasteiger charge is -2.13. The highest BCUT2D eigenvalue weighted by molar-refractivity contribution is 6.43. The van der Waals surface area contributed by atoms with Crippen LogP contribution in [0.1, 0.15) is 34.2 Å². The van der Waals surface area contributed by atoms with Crippen molar-refractivity contribution in [2.45, 2.75) is 18.9 Å². The van der Waals surface area contributed by atoms with Crippen LogP contribution >= 0.6 is 23.2 Å². The van der Waals surface area contributed by atoms with Gasteiger partial charge in [-0.2, -0.15) is 0 Å². The second-order valence-corrected chi connectivity index (χ2v) is 8.18. The quantitative estimate of drug-likeness (QED) is 0.470. The van der Waals surface area contributed by atoms with Gasteiger partial charge in [0.25, 0.3) is 5.91 Å². The topological polar surface area (TPSA) is 59.8 Å². The molecule has 0 unspecified atom stereocenters. The molecule has 2 heterocycles. The van der Waals surface area contributed by atoms with Gasteiger partial charge < -0.3 is 9.88 Å². The standard InChI is InChI=1S/C23H18Cl2N4O/c1-29-21-20(16(11-12-26-21)15-7-4-8-17(24)19(15)25)28-22(29)23(30)27-18-10-9-13-5-2-3-6-14(13)18/h2-8,11-12,18H,9-10H2,1H3,(H,27,30)/t18-/m0/s1. The lowest BCUT2D eigenvalue weighted by Crippen LogP contribution is -2.29. The average molecular weight is 437 g/mol. The minimum Gasteiger partial charge on any atom is -0.343 e. The Morgan fingerprint density at radius 3 is 2.80 bits per heavy atom. The predicted molar refractivity (Wildman–Crippen MR) is 119 cm³/mol. The highest BCUT2D eigenvalue weighted by atomic mass is 35.5. The number of aryl methyl sites for hydroxylation is 2. The molecule has 7 heteroatoms. The number of hydrogen-bond donors (Lipinski definition) is 1. The molecule has 1 amide bonds. The number of amides is 1. The van der Waals surface area contributed by atoms with Gasteiger partial charge in [0, 0.05) is 24.4 Å². The van der Waals surface area contributed by atoms with E-state index in [9.17, 15) is 4.79 Å². The number of nitrogens with one attached hydrogen (secondary N) is 1. The highest BCUT2D eigenvalue weighted by Crippen LogP contribution is 2.36. The SMILES string of the molecule is Cn1c(C(=O)N[C@H]2CCc3ccccc32)nc2c(-c3cccc(Cl)c3Cl)ccnc21. The van der Waals surface area contributed by atoms with E-state index in [4.69, 9.17) is 23.2 Å². The Labute approximate surface area is 183 Å². The third-order valence-electron chi connectivity index (χ3n) is 5.64. The Bertz CT molecular complexity index is 1300. The Kier molecular flexibility index (Phi) is 4.72. The summed E-state index contributed by atoms with van der Waals surface area (Å²) in [5.74, 6) is 0.0906. The minimum atomic E-state index is -0.222. The lowest BCUT2D eigenvalue weighted by atomic mass is 10.1. The molecule has 0 saturated heterocycles. The van der Waals surface area contributed by atoms with Crippen LogP contribution in [0.2, 0.25) is 10.0 Å². The zero-order valence-electron chi connectivity index (χ0n) is 16.2. The Balaban J connectivity index is 1.54. The first-order chi connectivity index (χ1) is 14.5. The number of fused-ring (bicyclic) bond motifs is 2. The third kappa shape index (κ3) is 3.06. The fourth-order valence-electron chi connectivity index (χ4n) is 4.14. The van der Waals surface area contributed by atoms with E-state index in [1.54, 1.807) is 23.9 Å². The van der Waals surface area contributed by atoms with E-state index >= 15 is 0 Å². The monoisotopic (exact) mass is 436 g/mol. The number of nitrogens with zero attached hydrogens (tertiary/aromatic N) is 3. The number of imidazole rings is 1. The molecule has 0 radical (unpaired) electrons. The number of rotatable bonds is 3. The molecule has 150 valence electrons. The molecule has 1 N–H and O–H groups in total. The van der Waals surface area contributed by atoms with Crippen molar-refractivity contribution >= 4 is 40.3 Å². The molecule has 0 spiro atoms. The van der Waals surface area contributed by atoms with Crippen LogP contribution in [0.4, 0.5) is 0 Å². The summed E-state index contributed by atoms with van der Waals surface area (Å²) in [6, 6.07) is 15.5. The van der Waals surface area contributed by atoms with E-state index in [-0.39, 0.29) is 11.9 Å². The summed E-state index contributed by atoms with van der Waals surface area (Å²) >= 11 is 12.6. The molecule has 1 aliphatic carbocycles. The van der Waals surface area contributed by atoms with Gasteiger partial charge in [0.2, 0.25) is 5.82 Å². The number of hydrogen-bond acceptors (Lipinski definition) is 3. The third-order valence-corrected chi connectivity index (χ3v) is 6.46. The first kappa shape index (κ1) is 19.1.